The fourth-order valence-electron chi connectivity index (χ4n) is 0.976. The number of halogens is 4. The molecule has 1 aromatic rings. The molecule has 0 radical (unpaired) electrons. The normalized spacial score (nSPS) is 12.6. The average molecular weight is 267 g/mol. The van der Waals surface area contributed by atoms with Crippen LogP contribution in [0.2, 0.25) is 0 Å². The predicted molar refractivity (Wildman–Crippen MR) is 49.0 cm³/mol. The van der Waals surface area contributed by atoms with Gasteiger partial charge in [0.1, 0.15) is 17.5 Å². The molecule has 1 nitrogen and oxygen atoms in total. The lowest BCUT2D eigenvalue weighted by Crippen LogP contribution is -2.14. The monoisotopic (exact) mass is 266 g/mol. The Labute approximate surface area is 87.1 Å². The van der Waals surface area contributed by atoms with E-state index in [2.05, 4.69) is 15.9 Å². The molecule has 1 rings (SSSR count). The van der Waals surface area contributed by atoms with E-state index >= 15 is 0 Å². The van der Waals surface area contributed by atoms with Gasteiger partial charge in [0.15, 0.2) is 5.78 Å². The molecule has 0 saturated heterocycles. The maximum Gasteiger partial charge on any atom is 0.182 e. The Kier molecular flexibility index (Phi) is 3.31. The first-order valence-electron chi connectivity index (χ1n) is 3.76. The summed E-state index contributed by atoms with van der Waals surface area (Å²) in [6.45, 7) is 1.44. The average Bonchev–Trinajstić information content (AvgIpc) is 2.01. The van der Waals surface area contributed by atoms with Crippen LogP contribution in [0.1, 0.15) is 17.3 Å². The maximum absolute atomic E-state index is 13.0. The highest BCUT2D eigenvalue weighted by atomic mass is 79.9. The van der Waals surface area contributed by atoms with Gasteiger partial charge in [-0.25, -0.2) is 13.2 Å². The Morgan fingerprint density at radius 3 is 2.07 bits per heavy atom. The number of hydrogen-bond donors (Lipinski definition) is 0. The van der Waals surface area contributed by atoms with Crippen molar-refractivity contribution >= 4 is 21.7 Å². The Hall–Kier alpha value is -0.840. The first-order chi connectivity index (χ1) is 6.43. The van der Waals surface area contributed by atoms with E-state index in [0.717, 1.165) is 0 Å². The second kappa shape index (κ2) is 4.13. The van der Waals surface area contributed by atoms with Crippen molar-refractivity contribution < 1.29 is 18.0 Å². The van der Waals surface area contributed by atoms with Gasteiger partial charge in [-0.15, -0.1) is 0 Å². The molecular weight excluding hydrogens is 261 g/mol. The number of Topliss-reactive ketones (excluding diaryl/α,β-unsaturated/α-hetero) is 1. The van der Waals surface area contributed by atoms with Crippen LogP contribution in [0.3, 0.4) is 0 Å². The molecule has 0 amide bonds. The van der Waals surface area contributed by atoms with Crippen molar-refractivity contribution in [1.82, 2.24) is 0 Å². The molecule has 0 aliphatic carbocycles. The zero-order valence-corrected chi connectivity index (χ0v) is 8.74. The van der Waals surface area contributed by atoms with E-state index in [-0.39, 0.29) is 0 Å². The minimum atomic E-state index is -1.18. The standard InChI is InChI=1S/C9H6BrF3O/c1-4(10)9(14)8-6(12)2-5(11)3-7(8)13/h2-4H,1H3/t4-/m1/s1. The molecule has 0 unspecified atom stereocenters. The molecule has 0 bridgehead atoms. The highest BCUT2D eigenvalue weighted by molar-refractivity contribution is 9.10. The van der Waals surface area contributed by atoms with E-state index in [4.69, 9.17) is 0 Å². The fourth-order valence-corrected chi connectivity index (χ4v) is 1.21. The Morgan fingerprint density at radius 2 is 1.71 bits per heavy atom. The van der Waals surface area contributed by atoms with E-state index in [9.17, 15) is 18.0 Å². The Balaban J connectivity index is 3.28. The Morgan fingerprint density at radius 1 is 1.29 bits per heavy atom. The van der Waals surface area contributed by atoms with Gasteiger partial charge in [0.25, 0.3) is 0 Å². The Bertz CT molecular complexity index is 353. The molecule has 5 heteroatoms. The van der Waals surface area contributed by atoms with Crippen molar-refractivity contribution in [2.75, 3.05) is 0 Å². The van der Waals surface area contributed by atoms with Gasteiger partial charge in [0.05, 0.1) is 10.4 Å². The number of ketones is 1. The van der Waals surface area contributed by atoms with Crippen LogP contribution >= 0.6 is 15.9 Å². The lowest BCUT2D eigenvalue weighted by molar-refractivity contribution is 0.0987. The smallest absolute Gasteiger partial charge is 0.182 e. The van der Waals surface area contributed by atoms with E-state index in [1.54, 1.807) is 0 Å². The molecule has 1 atom stereocenters. The van der Waals surface area contributed by atoms with Gasteiger partial charge in [-0.05, 0) is 6.92 Å². The summed E-state index contributed by atoms with van der Waals surface area (Å²) in [7, 11) is 0. The van der Waals surface area contributed by atoms with Crippen LogP contribution in [0.4, 0.5) is 13.2 Å². The first-order valence-corrected chi connectivity index (χ1v) is 4.68. The van der Waals surface area contributed by atoms with Crippen molar-refractivity contribution in [3.63, 3.8) is 0 Å². The first kappa shape index (κ1) is 11.2. The summed E-state index contributed by atoms with van der Waals surface area (Å²) in [4.78, 5) is 10.5. The van der Waals surface area contributed by atoms with Crippen molar-refractivity contribution in [1.29, 1.82) is 0 Å². The maximum atomic E-state index is 13.0. The largest absolute Gasteiger partial charge is 0.293 e. The van der Waals surface area contributed by atoms with Crippen molar-refractivity contribution in [2.24, 2.45) is 0 Å². The minimum absolute atomic E-state index is 0.478. The number of carbonyl (C=O) groups is 1. The summed E-state index contributed by atoms with van der Waals surface area (Å²) in [5.74, 6) is -4.16. The van der Waals surface area contributed by atoms with E-state index in [1.807, 2.05) is 0 Å². The molecule has 14 heavy (non-hydrogen) atoms. The molecule has 0 aromatic heterocycles. The molecule has 0 saturated carbocycles. The molecule has 0 spiro atoms. The third-order valence-corrected chi connectivity index (χ3v) is 2.03. The zero-order valence-electron chi connectivity index (χ0n) is 7.15. The highest BCUT2D eigenvalue weighted by Gasteiger charge is 2.21. The predicted octanol–water partition coefficient (Wildman–Crippen LogP) is 3.07. The third kappa shape index (κ3) is 2.15. The van der Waals surface area contributed by atoms with Gasteiger partial charge >= 0.3 is 0 Å². The number of hydrogen-bond acceptors (Lipinski definition) is 1. The molecule has 0 heterocycles. The van der Waals surface area contributed by atoms with Crippen LogP contribution in [0.15, 0.2) is 12.1 Å². The van der Waals surface area contributed by atoms with Gasteiger partial charge in [-0.3, -0.25) is 4.79 Å². The molecule has 0 aliphatic heterocycles. The van der Waals surface area contributed by atoms with Crippen molar-refractivity contribution in [2.45, 2.75) is 11.8 Å². The molecule has 1 aromatic carbocycles. The fraction of sp³-hybridized carbons (Fsp3) is 0.222. The number of benzene rings is 1. The lowest BCUT2D eigenvalue weighted by atomic mass is 10.1. The molecular formula is C9H6BrF3O. The van der Waals surface area contributed by atoms with E-state index < -0.39 is 33.6 Å². The van der Waals surface area contributed by atoms with Crippen LogP contribution in [-0.2, 0) is 0 Å². The van der Waals surface area contributed by atoms with Gasteiger partial charge in [0, 0.05) is 12.1 Å². The third-order valence-electron chi connectivity index (χ3n) is 1.61. The lowest BCUT2D eigenvalue weighted by Gasteiger charge is -2.05. The van der Waals surface area contributed by atoms with Crippen LogP contribution < -0.4 is 0 Å². The van der Waals surface area contributed by atoms with Gasteiger partial charge in [-0.1, -0.05) is 15.9 Å². The summed E-state index contributed by atoms with van der Waals surface area (Å²) in [5.41, 5.74) is -0.712. The van der Waals surface area contributed by atoms with Crippen LogP contribution in [0, 0.1) is 17.5 Å². The number of rotatable bonds is 2. The second-order valence-corrected chi connectivity index (χ2v) is 4.10. The minimum Gasteiger partial charge on any atom is -0.293 e. The zero-order chi connectivity index (χ0) is 10.9. The highest BCUT2D eigenvalue weighted by Crippen LogP contribution is 2.18. The summed E-state index contributed by atoms with van der Waals surface area (Å²) in [6, 6.07) is 0.956. The molecule has 76 valence electrons. The summed E-state index contributed by atoms with van der Waals surface area (Å²) in [5, 5.41) is 0. The second-order valence-electron chi connectivity index (χ2n) is 2.72. The molecule has 0 fully saturated rings. The summed E-state index contributed by atoms with van der Waals surface area (Å²) >= 11 is 2.89. The van der Waals surface area contributed by atoms with Crippen LogP contribution in [0.25, 0.3) is 0 Å². The van der Waals surface area contributed by atoms with Crippen LogP contribution in [-0.4, -0.2) is 10.6 Å². The van der Waals surface area contributed by atoms with Crippen LogP contribution in [0.5, 0.6) is 0 Å². The van der Waals surface area contributed by atoms with E-state index in [0.29, 0.717) is 12.1 Å². The van der Waals surface area contributed by atoms with Crippen molar-refractivity contribution in [3.8, 4) is 0 Å². The number of carbonyl (C=O) groups excluding carboxylic acids is 1. The summed E-state index contributed by atoms with van der Waals surface area (Å²) < 4.78 is 38.5. The molecule has 0 aliphatic rings. The number of alkyl halides is 1. The quantitative estimate of drug-likeness (QED) is 0.594. The van der Waals surface area contributed by atoms with E-state index in [1.165, 1.54) is 6.92 Å². The van der Waals surface area contributed by atoms with Crippen molar-refractivity contribution in [3.05, 3.63) is 35.1 Å². The SMILES string of the molecule is C[C@@H](Br)C(=O)c1c(F)cc(F)cc1F. The molecule has 0 N–H and O–H groups in total. The van der Waals surface area contributed by atoms with Gasteiger partial charge in [-0.2, -0.15) is 0 Å². The van der Waals surface area contributed by atoms with Gasteiger partial charge < -0.3 is 0 Å². The van der Waals surface area contributed by atoms with Gasteiger partial charge in [0.2, 0.25) is 0 Å². The topological polar surface area (TPSA) is 17.1 Å². The summed E-state index contributed by atoms with van der Waals surface area (Å²) in [6.07, 6.45) is 0.